The van der Waals surface area contributed by atoms with Crippen LogP contribution >= 0.6 is 0 Å². The minimum absolute atomic E-state index is 0.143. The van der Waals surface area contributed by atoms with E-state index in [-0.39, 0.29) is 12.3 Å². The number of rotatable bonds is 6. The van der Waals surface area contributed by atoms with Crippen LogP contribution in [0.5, 0.6) is 11.5 Å². The third-order valence-electron chi connectivity index (χ3n) is 4.46. The number of methoxy groups -OCH3 is 2. The van der Waals surface area contributed by atoms with E-state index in [1.54, 1.807) is 20.3 Å². The van der Waals surface area contributed by atoms with Crippen LogP contribution in [-0.4, -0.2) is 25.1 Å². The number of ether oxygens (including phenoxy) is 2. The van der Waals surface area contributed by atoms with Crippen LogP contribution in [0.1, 0.15) is 5.56 Å². The van der Waals surface area contributed by atoms with Crippen LogP contribution < -0.4 is 14.8 Å². The van der Waals surface area contributed by atoms with Crippen LogP contribution in [-0.2, 0) is 11.2 Å². The summed E-state index contributed by atoms with van der Waals surface area (Å²) < 4.78 is 16.3. The van der Waals surface area contributed by atoms with Gasteiger partial charge in [0.1, 0.15) is 17.0 Å². The maximum absolute atomic E-state index is 12.5. The summed E-state index contributed by atoms with van der Waals surface area (Å²) in [4.78, 5) is 17.0. The number of hydrogen-bond donors (Lipinski definition) is 1. The lowest BCUT2D eigenvalue weighted by Gasteiger charge is -2.09. The van der Waals surface area contributed by atoms with Gasteiger partial charge in [0, 0.05) is 17.3 Å². The standard InChI is InChI=1S/C23H20N2O4/c1-27-18-10-15(11-19(14-18)28-2)12-22(26)24-17-7-5-6-16(13-17)23-25-20-8-3-4-9-21(20)29-23/h3-11,13-14H,12H2,1-2H3,(H,24,26). The highest BCUT2D eigenvalue weighted by Crippen LogP contribution is 2.26. The average Bonchev–Trinajstić information content (AvgIpc) is 3.18. The SMILES string of the molecule is COc1cc(CC(=O)Nc2cccc(-c3nc4ccccc4o3)c2)cc(OC)c1. The third kappa shape index (κ3) is 4.21. The zero-order chi connectivity index (χ0) is 20.2. The molecular formula is C23H20N2O4. The zero-order valence-electron chi connectivity index (χ0n) is 16.1. The topological polar surface area (TPSA) is 73.6 Å². The van der Waals surface area contributed by atoms with Crippen LogP contribution in [0.15, 0.2) is 71.1 Å². The van der Waals surface area contributed by atoms with Crippen molar-refractivity contribution in [1.29, 1.82) is 0 Å². The van der Waals surface area contributed by atoms with Crippen LogP contribution in [0.4, 0.5) is 5.69 Å². The van der Waals surface area contributed by atoms with Gasteiger partial charge in [-0.25, -0.2) is 4.98 Å². The molecule has 1 heterocycles. The number of para-hydroxylation sites is 2. The fourth-order valence-corrected chi connectivity index (χ4v) is 3.08. The Kier molecular flexibility index (Phi) is 5.16. The molecule has 6 heteroatoms. The Labute approximate surface area is 168 Å². The van der Waals surface area contributed by atoms with E-state index in [1.807, 2.05) is 60.7 Å². The van der Waals surface area contributed by atoms with E-state index >= 15 is 0 Å². The lowest BCUT2D eigenvalue weighted by molar-refractivity contribution is -0.115. The number of oxazole rings is 1. The number of anilines is 1. The molecule has 0 fully saturated rings. The van der Waals surface area contributed by atoms with Gasteiger partial charge in [-0.1, -0.05) is 18.2 Å². The first-order chi connectivity index (χ1) is 14.1. The number of carbonyl (C=O) groups excluding carboxylic acids is 1. The predicted molar refractivity (Wildman–Crippen MR) is 111 cm³/mol. The van der Waals surface area contributed by atoms with E-state index in [9.17, 15) is 4.79 Å². The second kappa shape index (κ2) is 8.06. The predicted octanol–water partition coefficient (Wildman–Crippen LogP) is 4.69. The van der Waals surface area contributed by atoms with Gasteiger partial charge < -0.3 is 19.2 Å². The second-order valence-electron chi connectivity index (χ2n) is 6.51. The Morgan fingerprint density at radius 1 is 0.966 bits per heavy atom. The summed E-state index contributed by atoms with van der Waals surface area (Å²) >= 11 is 0. The van der Waals surface area contributed by atoms with Gasteiger partial charge in [-0.3, -0.25) is 4.79 Å². The molecule has 1 amide bonds. The largest absolute Gasteiger partial charge is 0.497 e. The van der Waals surface area contributed by atoms with Crippen molar-refractivity contribution in [2.75, 3.05) is 19.5 Å². The molecule has 4 aromatic rings. The quantitative estimate of drug-likeness (QED) is 0.519. The van der Waals surface area contributed by atoms with Gasteiger partial charge in [-0.05, 0) is 48.0 Å². The smallest absolute Gasteiger partial charge is 0.228 e. The number of benzene rings is 3. The molecular weight excluding hydrogens is 368 g/mol. The molecule has 0 bridgehead atoms. The van der Waals surface area contributed by atoms with E-state index in [4.69, 9.17) is 13.9 Å². The van der Waals surface area contributed by atoms with E-state index in [2.05, 4.69) is 10.3 Å². The van der Waals surface area contributed by atoms with E-state index in [0.717, 1.165) is 22.2 Å². The van der Waals surface area contributed by atoms with Crippen LogP contribution in [0, 0.1) is 0 Å². The molecule has 0 aliphatic rings. The first kappa shape index (κ1) is 18.6. The van der Waals surface area contributed by atoms with Gasteiger partial charge >= 0.3 is 0 Å². The lowest BCUT2D eigenvalue weighted by atomic mass is 10.1. The maximum Gasteiger partial charge on any atom is 0.228 e. The number of nitrogens with zero attached hydrogens (tertiary/aromatic N) is 1. The van der Waals surface area contributed by atoms with Crippen molar-refractivity contribution in [3.05, 3.63) is 72.3 Å². The molecule has 6 nitrogen and oxygen atoms in total. The number of fused-ring (bicyclic) bond motifs is 1. The molecule has 0 aliphatic carbocycles. The number of nitrogens with one attached hydrogen (secondary N) is 1. The number of carbonyl (C=O) groups is 1. The molecule has 0 saturated carbocycles. The number of amides is 1. The molecule has 1 aromatic heterocycles. The van der Waals surface area contributed by atoms with Crippen molar-refractivity contribution < 1.29 is 18.7 Å². The average molecular weight is 388 g/mol. The Hall–Kier alpha value is -3.80. The summed E-state index contributed by atoms with van der Waals surface area (Å²) in [5, 5.41) is 2.92. The van der Waals surface area contributed by atoms with Crippen molar-refractivity contribution in [2.24, 2.45) is 0 Å². The first-order valence-corrected chi connectivity index (χ1v) is 9.12. The Balaban J connectivity index is 1.51. The number of hydrogen-bond acceptors (Lipinski definition) is 5. The van der Waals surface area contributed by atoms with Gasteiger partial charge in [0.15, 0.2) is 5.58 Å². The van der Waals surface area contributed by atoms with Crippen LogP contribution in [0.3, 0.4) is 0 Å². The van der Waals surface area contributed by atoms with Gasteiger partial charge in [0.05, 0.1) is 20.6 Å². The van der Waals surface area contributed by atoms with Crippen molar-refractivity contribution in [1.82, 2.24) is 4.98 Å². The molecule has 29 heavy (non-hydrogen) atoms. The molecule has 146 valence electrons. The van der Waals surface area contributed by atoms with Crippen molar-refractivity contribution in [3.63, 3.8) is 0 Å². The van der Waals surface area contributed by atoms with Gasteiger partial charge in [0.2, 0.25) is 11.8 Å². The molecule has 0 radical (unpaired) electrons. The van der Waals surface area contributed by atoms with Crippen molar-refractivity contribution >= 4 is 22.7 Å². The molecule has 3 aromatic carbocycles. The fourth-order valence-electron chi connectivity index (χ4n) is 3.08. The molecule has 4 rings (SSSR count). The number of aromatic nitrogens is 1. The highest BCUT2D eigenvalue weighted by molar-refractivity contribution is 5.93. The summed E-state index contributed by atoms with van der Waals surface area (Å²) in [6.45, 7) is 0. The van der Waals surface area contributed by atoms with Gasteiger partial charge in [-0.15, -0.1) is 0 Å². The highest BCUT2D eigenvalue weighted by Gasteiger charge is 2.11. The zero-order valence-corrected chi connectivity index (χ0v) is 16.1. The molecule has 0 saturated heterocycles. The molecule has 0 spiro atoms. The maximum atomic E-state index is 12.5. The van der Waals surface area contributed by atoms with E-state index in [0.29, 0.717) is 23.1 Å². The monoisotopic (exact) mass is 388 g/mol. The van der Waals surface area contributed by atoms with Gasteiger partial charge in [0.25, 0.3) is 0 Å². The van der Waals surface area contributed by atoms with Crippen molar-refractivity contribution in [2.45, 2.75) is 6.42 Å². The minimum Gasteiger partial charge on any atom is -0.497 e. The molecule has 0 atom stereocenters. The van der Waals surface area contributed by atoms with Gasteiger partial charge in [-0.2, -0.15) is 0 Å². The highest BCUT2D eigenvalue weighted by atomic mass is 16.5. The van der Waals surface area contributed by atoms with E-state index in [1.165, 1.54) is 0 Å². The first-order valence-electron chi connectivity index (χ1n) is 9.12. The fraction of sp³-hybridized carbons (Fsp3) is 0.130. The Bertz CT molecular complexity index is 1110. The van der Waals surface area contributed by atoms with Crippen LogP contribution in [0.25, 0.3) is 22.6 Å². The summed E-state index contributed by atoms with van der Waals surface area (Å²) in [5.41, 5.74) is 3.79. The van der Waals surface area contributed by atoms with Crippen LogP contribution in [0.2, 0.25) is 0 Å². The van der Waals surface area contributed by atoms with E-state index < -0.39 is 0 Å². The normalized spacial score (nSPS) is 10.7. The summed E-state index contributed by atoms with van der Waals surface area (Å²) in [5.74, 6) is 1.66. The minimum atomic E-state index is -0.143. The Morgan fingerprint density at radius 3 is 2.45 bits per heavy atom. The second-order valence-corrected chi connectivity index (χ2v) is 6.51. The molecule has 0 aliphatic heterocycles. The summed E-state index contributed by atoms with van der Waals surface area (Å²) in [6, 6.07) is 20.4. The Morgan fingerprint density at radius 2 is 1.72 bits per heavy atom. The molecule has 0 unspecified atom stereocenters. The molecule has 1 N–H and O–H groups in total. The van der Waals surface area contributed by atoms with Crippen molar-refractivity contribution in [3.8, 4) is 23.0 Å². The summed E-state index contributed by atoms with van der Waals surface area (Å²) in [7, 11) is 3.16. The third-order valence-corrected chi connectivity index (χ3v) is 4.46. The lowest BCUT2D eigenvalue weighted by Crippen LogP contribution is -2.14. The summed E-state index contributed by atoms with van der Waals surface area (Å²) in [6.07, 6.45) is 0.195.